The van der Waals surface area contributed by atoms with Crippen LogP contribution in [0.25, 0.3) is 0 Å². The topological polar surface area (TPSA) is 112 Å². The Morgan fingerprint density at radius 3 is 2.64 bits per heavy atom. The number of thioether (sulfide) groups is 1. The van der Waals surface area contributed by atoms with Crippen molar-refractivity contribution in [3.8, 4) is 6.07 Å². The van der Waals surface area contributed by atoms with Crippen molar-refractivity contribution in [2.45, 2.75) is 19.3 Å². The number of nitrogens with two attached hydrogens (primary N) is 2. The maximum atomic E-state index is 8.57. The first-order valence-electron chi connectivity index (χ1n) is 4.26. The van der Waals surface area contributed by atoms with E-state index in [2.05, 4.69) is 11.1 Å². The van der Waals surface area contributed by atoms with E-state index in [9.17, 15) is 0 Å². The first-order chi connectivity index (χ1) is 6.58. The van der Waals surface area contributed by atoms with Gasteiger partial charge in [-0.05, 0) is 18.3 Å². The van der Waals surface area contributed by atoms with Gasteiger partial charge in [0.2, 0.25) is 0 Å². The van der Waals surface area contributed by atoms with Gasteiger partial charge >= 0.3 is 0 Å². The zero-order valence-corrected chi connectivity index (χ0v) is 8.60. The molecule has 0 heterocycles. The van der Waals surface area contributed by atoms with Crippen molar-refractivity contribution in [2.24, 2.45) is 21.9 Å². The fourth-order valence-corrected chi connectivity index (χ4v) is 2.09. The van der Waals surface area contributed by atoms with Gasteiger partial charge in [-0.1, -0.05) is 11.8 Å². The lowest BCUT2D eigenvalue weighted by molar-refractivity contribution is 0.605. The summed E-state index contributed by atoms with van der Waals surface area (Å²) in [6.07, 6.45) is 2.71. The van der Waals surface area contributed by atoms with Crippen LogP contribution in [0.4, 0.5) is 0 Å². The Morgan fingerprint density at radius 1 is 1.57 bits per heavy atom. The molecule has 0 atom stereocenters. The molecule has 1 fully saturated rings. The zero-order chi connectivity index (χ0) is 10.6. The highest BCUT2D eigenvalue weighted by Gasteiger charge is 2.42. The number of nitrogens with one attached hydrogen (secondary N) is 1. The van der Waals surface area contributed by atoms with Gasteiger partial charge in [-0.3, -0.25) is 5.41 Å². The van der Waals surface area contributed by atoms with Gasteiger partial charge < -0.3 is 11.5 Å². The lowest BCUT2D eigenvalue weighted by atomic mass is 10.1. The lowest BCUT2D eigenvalue weighted by Gasteiger charge is -2.08. The van der Waals surface area contributed by atoms with Crippen molar-refractivity contribution < 1.29 is 0 Å². The summed E-state index contributed by atoms with van der Waals surface area (Å²) in [5, 5.41) is 16.1. The minimum absolute atomic E-state index is 0.0902. The molecule has 1 rings (SSSR count). The van der Waals surface area contributed by atoms with Crippen LogP contribution < -0.4 is 11.5 Å². The number of aliphatic imine (C=N–C) groups is 1. The molecule has 5 nitrogen and oxygen atoms in total. The van der Waals surface area contributed by atoms with Crippen LogP contribution in [-0.4, -0.2) is 16.9 Å². The van der Waals surface area contributed by atoms with E-state index in [-0.39, 0.29) is 16.5 Å². The van der Waals surface area contributed by atoms with Crippen LogP contribution in [0.1, 0.15) is 19.3 Å². The number of hydrogen-bond acceptors (Lipinski definition) is 3. The molecule has 14 heavy (non-hydrogen) atoms. The molecule has 1 aliphatic rings. The molecule has 6 heteroatoms. The van der Waals surface area contributed by atoms with Crippen molar-refractivity contribution in [3.05, 3.63) is 0 Å². The molecule has 76 valence electrons. The monoisotopic (exact) mass is 211 g/mol. The highest BCUT2D eigenvalue weighted by molar-refractivity contribution is 8.13. The standard InChI is InChI=1S/C8H13N5S/c9-4-3-8(1-2-8)5-14-7(12)13-6(10)11/h1-3,5H2,(H5,10,11,12,13). The average molecular weight is 211 g/mol. The molecule has 0 aromatic heterocycles. The molecular formula is C8H13N5S. The Labute approximate surface area is 87.1 Å². The molecule has 0 aromatic carbocycles. The summed E-state index contributed by atoms with van der Waals surface area (Å²) in [7, 11) is 0. The molecule has 0 spiro atoms. The third-order valence-corrected chi connectivity index (χ3v) is 3.28. The summed E-state index contributed by atoms with van der Waals surface area (Å²) in [5.74, 6) is 0.670. The molecule has 0 saturated heterocycles. The number of amidine groups is 1. The summed E-state index contributed by atoms with van der Waals surface area (Å²) in [4.78, 5) is 3.60. The molecule has 0 unspecified atom stereocenters. The van der Waals surface area contributed by atoms with E-state index in [0.717, 1.165) is 18.6 Å². The summed E-state index contributed by atoms with van der Waals surface area (Å²) < 4.78 is 0. The van der Waals surface area contributed by atoms with Crippen molar-refractivity contribution in [1.29, 1.82) is 10.7 Å². The van der Waals surface area contributed by atoms with Crippen LogP contribution >= 0.6 is 11.8 Å². The molecule has 5 N–H and O–H groups in total. The average Bonchev–Trinajstić information content (AvgIpc) is 2.82. The van der Waals surface area contributed by atoms with Crippen LogP contribution in [0.2, 0.25) is 0 Å². The Balaban J connectivity index is 2.31. The fourth-order valence-electron chi connectivity index (χ4n) is 1.09. The van der Waals surface area contributed by atoms with E-state index in [0.29, 0.717) is 6.42 Å². The van der Waals surface area contributed by atoms with E-state index < -0.39 is 0 Å². The smallest absolute Gasteiger partial charge is 0.193 e. The minimum Gasteiger partial charge on any atom is -0.370 e. The van der Waals surface area contributed by atoms with Crippen LogP contribution in [0.3, 0.4) is 0 Å². The quantitative estimate of drug-likeness (QED) is 0.469. The number of nitriles is 1. The van der Waals surface area contributed by atoms with Gasteiger partial charge in [-0.15, -0.1) is 0 Å². The third kappa shape index (κ3) is 3.26. The maximum absolute atomic E-state index is 8.57. The number of hydrogen-bond donors (Lipinski definition) is 3. The van der Waals surface area contributed by atoms with Crippen LogP contribution in [-0.2, 0) is 0 Å². The Hall–Kier alpha value is -1.22. The number of guanidine groups is 1. The lowest BCUT2D eigenvalue weighted by Crippen LogP contribution is -2.23. The van der Waals surface area contributed by atoms with E-state index in [1.54, 1.807) is 0 Å². The summed E-state index contributed by atoms with van der Waals surface area (Å²) >= 11 is 1.30. The van der Waals surface area contributed by atoms with Crippen molar-refractivity contribution >= 4 is 22.9 Å². The fraction of sp³-hybridized carbons (Fsp3) is 0.625. The Morgan fingerprint density at radius 2 is 2.21 bits per heavy atom. The molecule has 0 amide bonds. The van der Waals surface area contributed by atoms with E-state index in [1.165, 1.54) is 11.8 Å². The maximum Gasteiger partial charge on any atom is 0.193 e. The van der Waals surface area contributed by atoms with Gasteiger partial charge in [0.05, 0.1) is 6.07 Å². The normalized spacial score (nSPS) is 16.8. The third-order valence-electron chi connectivity index (χ3n) is 2.16. The SMILES string of the molecule is N#CCC1(CSC(=N)N=C(N)N)CC1. The molecular weight excluding hydrogens is 198 g/mol. The van der Waals surface area contributed by atoms with Crippen molar-refractivity contribution in [1.82, 2.24) is 0 Å². The summed E-state index contributed by atoms with van der Waals surface area (Å²) in [6, 6.07) is 2.17. The predicted molar refractivity (Wildman–Crippen MR) is 57.9 cm³/mol. The van der Waals surface area contributed by atoms with Crippen molar-refractivity contribution in [3.63, 3.8) is 0 Å². The Kier molecular flexibility index (Phi) is 3.36. The van der Waals surface area contributed by atoms with E-state index in [4.69, 9.17) is 22.1 Å². The summed E-state index contributed by atoms with van der Waals surface area (Å²) in [5.41, 5.74) is 10.4. The molecule has 0 aromatic rings. The number of nitrogens with zero attached hydrogens (tertiary/aromatic N) is 2. The molecule has 0 radical (unpaired) electrons. The Bertz CT molecular complexity index is 295. The molecule has 0 bridgehead atoms. The minimum atomic E-state index is -0.0902. The van der Waals surface area contributed by atoms with E-state index in [1.807, 2.05) is 0 Å². The van der Waals surface area contributed by atoms with Crippen LogP contribution in [0, 0.1) is 22.2 Å². The van der Waals surface area contributed by atoms with Crippen molar-refractivity contribution in [2.75, 3.05) is 5.75 Å². The van der Waals surface area contributed by atoms with Gasteiger partial charge in [0.25, 0.3) is 0 Å². The predicted octanol–water partition coefficient (Wildman–Crippen LogP) is 0.622. The van der Waals surface area contributed by atoms with Gasteiger partial charge in [0.1, 0.15) is 0 Å². The first kappa shape index (κ1) is 10.9. The summed E-state index contributed by atoms with van der Waals surface area (Å²) in [6.45, 7) is 0. The zero-order valence-electron chi connectivity index (χ0n) is 7.79. The van der Waals surface area contributed by atoms with Gasteiger partial charge in [-0.2, -0.15) is 10.3 Å². The first-order valence-corrected chi connectivity index (χ1v) is 5.24. The molecule has 0 aliphatic heterocycles. The highest BCUT2D eigenvalue weighted by Crippen LogP contribution is 2.50. The molecule has 1 aliphatic carbocycles. The number of rotatable bonds is 3. The highest BCUT2D eigenvalue weighted by atomic mass is 32.2. The van der Waals surface area contributed by atoms with Gasteiger partial charge in [0, 0.05) is 12.2 Å². The second-order valence-electron chi connectivity index (χ2n) is 3.47. The second-order valence-corrected chi connectivity index (χ2v) is 4.43. The van der Waals surface area contributed by atoms with Crippen LogP contribution in [0.15, 0.2) is 4.99 Å². The van der Waals surface area contributed by atoms with Crippen LogP contribution in [0.5, 0.6) is 0 Å². The van der Waals surface area contributed by atoms with E-state index >= 15 is 0 Å². The largest absolute Gasteiger partial charge is 0.370 e. The molecule has 1 saturated carbocycles. The second kappa shape index (κ2) is 4.33. The van der Waals surface area contributed by atoms with Gasteiger partial charge in [0.15, 0.2) is 11.1 Å². The van der Waals surface area contributed by atoms with Gasteiger partial charge in [-0.25, -0.2) is 0 Å².